The van der Waals surface area contributed by atoms with Gasteiger partial charge < -0.3 is 9.84 Å². The number of aryl methyl sites for hydroxylation is 3. The number of hydrogen-bond acceptors (Lipinski definition) is 5. The molecule has 6 nitrogen and oxygen atoms in total. The van der Waals surface area contributed by atoms with Gasteiger partial charge in [0.15, 0.2) is 5.76 Å². The molecule has 2 heterocycles. The molecule has 3 rings (SSSR count). The first-order chi connectivity index (χ1) is 12.9. The van der Waals surface area contributed by atoms with Gasteiger partial charge in [0.1, 0.15) is 0 Å². The first-order valence-corrected chi connectivity index (χ1v) is 9.64. The number of carbonyl (C=O) groups excluding carboxylic acids is 1. The number of carbonyl (C=O) groups is 1. The van der Waals surface area contributed by atoms with Crippen LogP contribution < -0.4 is 5.32 Å². The minimum atomic E-state index is 0.0211. The second kappa shape index (κ2) is 8.67. The molecule has 2 aromatic rings. The molecule has 27 heavy (non-hydrogen) atoms. The maximum Gasteiger partial charge on any atom is 0.234 e. The van der Waals surface area contributed by atoms with Crippen molar-refractivity contribution in [1.82, 2.24) is 20.3 Å². The average molecular weight is 370 g/mol. The number of hydrogen-bond donors (Lipinski definition) is 1. The molecular weight excluding hydrogens is 340 g/mol. The Morgan fingerprint density at radius 2 is 1.81 bits per heavy atom. The van der Waals surface area contributed by atoms with Crippen LogP contribution in [-0.4, -0.2) is 53.6 Å². The molecule has 0 bridgehead atoms. The second-order valence-corrected chi connectivity index (χ2v) is 7.62. The van der Waals surface area contributed by atoms with Gasteiger partial charge in [-0.05, 0) is 44.4 Å². The van der Waals surface area contributed by atoms with Gasteiger partial charge >= 0.3 is 0 Å². The fourth-order valence-electron chi connectivity index (χ4n) is 3.42. The summed E-state index contributed by atoms with van der Waals surface area (Å²) in [6.07, 6.45) is 0. The van der Waals surface area contributed by atoms with Gasteiger partial charge in [-0.15, -0.1) is 0 Å². The van der Waals surface area contributed by atoms with Crippen molar-refractivity contribution in [3.8, 4) is 0 Å². The number of nitrogens with zero attached hydrogens (tertiary/aromatic N) is 3. The smallest absolute Gasteiger partial charge is 0.234 e. The molecule has 1 saturated heterocycles. The van der Waals surface area contributed by atoms with Gasteiger partial charge in [-0.2, -0.15) is 0 Å². The monoisotopic (exact) mass is 370 g/mol. The van der Waals surface area contributed by atoms with Gasteiger partial charge in [-0.1, -0.05) is 23.4 Å². The van der Waals surface area contributed by atoms with Gasteiger partial charge in [-0.3, -0.25) is 14.6 Å². The first kappa shape index (κ1) is 19.6. The van der Waals surface area contributed by atoms with Crippen LogP contribution in [0.2, 0.25) is 0 Å². The zero-order valence-electron chi connectivity index (χ0n) is 16.8. The first-order valence-electron chi connectivity index (χ1n) is 9.64. The standard InChI is InChI=1S/C21H30N4O2/c1-15-5-6-19(11-16(15)2)18(4)22-21(26)14-25-9-7-24(8-10-25)13-20-12-17(3)23-27-20/h5-6,11-12,18H,7-10,13-14H2,1-4H3,(H,22,26). The van der Waals surface area contributed by atoms with Crippen molar-refractivity contribution in [1.29, 1.82) is 0 Å². The predicted molar refractivity (Wildman–Crippen MR) is 105 cm³/mol. The van der Waals surface area contributed by atoms with Crippen LogP contribution in [-0.2, 0) is 11.3 Å². The van der Waals surface area contributed by atoms with Crippen LogP contribution in [0, 0.1) is 20.8 Å². The Labute approximate surface area is 161 Å². The van der Waals surface area contributed by atoms with Crippen molar-refractivity contribution >= 4 is 5.91 Å². The average Bonchev–Trinajstić information content (AvgIpc) is 3.03. The Morgan fingerprint density at radius 1 is 1.11 bits per heavy atom. The van der Waals surface area contributed by atoms with E-state index in [1.165, 1.54) is 11.1 Å². The normalized spacial score (nSPS) is 17.0. The summed E-state index contributed by atoms with van der Waals surface area (Å²) in [7, 11) is 0. The van der Waals surface area contributed by atoms with Crippen molar-refractivity contribution < 1.29 is 9.32 Å². The van der Waals surface area contributed by atoms with Gasteiger partial charge in [0.05, 0.1) is 24.8 Å². The lowest BCUT2D eigenvalue weighted by Gasteiger charge is -2.33. The summed E-state index contributed by atoms with van der Waals surface area (Å²) in [6, 6.07) is 8.37. The molecule has 1 fully saturated rings. The predicted octanol–water partition coefficient (Wildman–Crippen LogP) is 2.59. The summed E-state index contributed by atoms with van der Waals surface area (Å²) in [6.45, 7) is 13.0. The summed E-state index contributed by atoms with van der Waals surface area (Å²) in [4.78, 5) is 17.0. The quantitative estimate of drug-likeness (QED) is 0.847. The van der Waals surface area contributed by atoms with Crippen LogP contribution in [0.25, 0.3) is 0 Å². The molecule has 1 amide bonds. The molecule has 0 aliphatic carbocycles. The minimum absolute atomic E-state index is 0.0211. The molecule has 0 spiro atoms. The largest absolute Gasteiger partial charge is 0.360 e. The Hall–Kier alpha value is -2.18. The molecule has 1 N–H and O–H groups in total. The van der Waals surface area contributed by atoms with Gasteiger partial charge in [0.2, 0.25) is 5.91 Å². The van der Waals surface area contributed by atoms with Crippen LogP contribution in [0.1, 0.15) is 41.1 Å². The van der Waals surface area contributed by atoms with Crippen LogP contribution in [0.4, 0.5) is 0 Å². The number of rotatable bonds is 6. The lowest BCUT2D eigenvalue weighted by molar-refractivity contribution is -0.123. The number of amides is 1. The number of nitrogens with one attached hydrogen (secondary N) is 1. The highest BCUT2D eigenvalue weighted by Gasteiger charge is 2.21. The van der Waals surface area contributed by atoms with E-state index in [0.29, 0.717) is 6.54 Å². The molecule has 1 aliphatic heterocycles. The fraction of sp³-hybridized carbons (Fsp3) is 0.524. The Kier molecular flexibility index (Phi) is 6.29. The van der Waals surface area contributed by atoms with E-state index >= 15 is 0 Å². The van der Waals surface area contributed by atoms with E-state index in [1.54, 1.807) is 0 Å². The van der Waals surface area contributed by atoms with Crippen LogP contribution in [0.3, 0.4) is 0 Å². The van der Waals surface area contributed by atoms with E-state index in [1.807, 2.05) is 19.9 Å². The maximum absolute atomic E-state index is 12.4. The molecule has 1 aromatic carbocycles. The minimum Gasteiger partial charge on any atom is -0.360 e. The molecule has 1 atom stereocenters. The number of piperazine rings is 1. The summed E-state index contributed by atoms with van der Waals surface area (Å²) in [5.74, 6) is 0.987. The van der Waals surface area contributed by atoms with Crippen molar-refractivity contribution in [2.75, 3.05) is 32.7 Å². The van der Waals surface area contributed by atoms with Gasteiger partial charge in [0, 0.05) is 32.2 Å². The molecule has 146 valence electrons. The van der Waals surface area contributed by atoms with Crippen LogP contribution >= 0.6 is 0 Å². The van der Waals surface area contributed by atoms with E-state index < -0.39 is 0 Å². The van der Waals surface area contributed by atoms with Crippen molar-refractivity contribution in [2.45, 2.75) is 40.3 Å². The summed E-state index contributed by atoms with van der Waals surface area (Å²) < 4.78 is 5.29. The van der Waals surface area contributed by atoms with Crippen molar-refractivity contribution in [3.05, 3.63) is 52.4 Å². The highest BCUT2D eigenvalue weighted by Crippen LogP contribution is 2.17. The van der Waals surface area contributed by atoms with Crippen LogP contribution in [0.15, 0.2) is 28.8 Å². The third-order valence-corrected chi connectivity index (χ3v) is 5.30. The molecule has 6 heteroatoms. The SMILES string of the molecule is Cc1cc(CN2CCN(CC(=O)NC(C)c3ccc(C)c(C)c3)CC2)on1. The Bertz CT molecular complexity index is 778. The maximum atomic E-state index is 12.4. The second-order valence-electron chi connectivity index (χ2n) is 7.62. The zero-order chi connectivity index (χ0) is 19.4. The van der Waals surface area contributed by atoms with Gasteiger partial charge in [-0.25, -0.2) is 0 Å². The lowest BCUT2D eigenvalue weighted by atomic mass is 10.0. The fourth-order valence-corrected chi connectivity index (χ4v) is 3.42. The zero-order valence-corrected chi connectivity index (χ0v) is 16.8. The highest BCUT2D eigenvalue weighted by molar-refractivity contribution is 5.78. The molecule has 0 radical (unpaired) electrons. The van der Waals surface area contributed by atoms with E-state index in [9.17, 15) is 4.79 Å². The molecular formula is C21H30N4O2. The number of aromatic nitrogens is 1. The topological polar surface area (TPSA) is 61.6 Å². The summed E-state index contributed by atoms with van der Waals surface area (Å²) in [5.41, 5.74) is 4.60. The van der Waals surface area contributed by atoms with E-state index in [4.69, 9.17) is 4.52 Å². The summed E-state index contributed by atoms with van der Waals surface area (Å²) >= 11 is 0. The van der Waals surface area contributed by atoms with Crippen molar-refractivity contribution in [3.63, 3.8) is 0 Å². The molecule has 1 aliphatic rings. The Morgan fingerprint density at radius 3 is 2.44 bits per heavy atom. The van der Waals surface area contributed by atoms with E-state index in [2.05, 4.69) is 52.3 Å². The van der Waals surface area contributed by atoms with Crippen molar-refractivity contribution in [2.24, 2.45) is 0 Å². The van der Waals surface area contributed by atoms with Crippen LogP contribution in [0.5, 0.6) is 0 Å². The molecule has 1 aromatic heterocycles. The van der Waals surface area contributed by atoms with E-state index in [0.717, 1.165) is 49.7 Å². The third-order valence-electron chi connectivity index (χ3n) is 5.30. The Balaban J connectivity index is 1.43. The summed E-state index contributed by atoms with van der Waals surface area (Å²) in [5, 5.41) is 7.06. The lowest BCUT2D eigenvalue weighted by Crippen LogP contribution is -2.49. The van der Waals surface area contributed by atoms with Gasteiger partial charge in [0.25, 0.3) is 0 Å². The molecule has 1 unspecified atom stereocenters. The molecule has 0 saturated carbocycles. The highest BCUT2D eigenvalue weighted by atomic mass is 16.5. The number of benzene rings is 1. The third kappa shape index (κ3) is 5.40. The van der Waals surface area contributed by atoms with E-state index in [-0.39, 0.29) is 11.9 Å².